The quantitative estimate of drug-likeness (QED) is 0.100. The van der Waals surface area contributed by atoms with E-state index in [4.69, 9.17) is 29.7 Å². The second kappa shape index (κ2) is 12.3. The van der Waals surface area contributed by atoms with E-state index in [9.17, 15) is 42.1 Å². The van der Waals surface area contributed by atoms with Gasteiger partial charge >= 0.3 is 12.4 Å². The average Bonchev–Trinajstić information content (AvgIpc) is 3.65. The van der Waals surface area contributed by atoms with Gasteiger partial charge in [-0.3, -0.25) is 0 Å². The maximum Gasteiger partial charge on any atom is 0.417 e. The summed E-state index contributed by atoms with van der Waals surface area (Å²) in [4.78, 5) is 19.3. The maximum atomic E-state index is 14.2. The minimum absolute atomic E-state index is 0.0102. The fourth-order valence-corrected chi connectivity index (χ4v) is 6.61. The number of allylic oxidation sites excluding steroid dienone is 2. The molecule has 0 atom stereocenters. The van der Waals surface area contributed by atoms with Crippen molar-refractivity contribution in [2.45, 2.75) is 12.4 Å². The third kappa shape index (κ3) is 5.28. The lowest BCUT2D eigenvalue weighted by Crippen LogP contribution is -2.07. The van der Waals surface area contributed by atoms with E-state index in [-0.39, 0.29) is 89.7 Å². The number of hydrogen-bond donors (Lipinski definition) is 0. The maximum absolute atomic E-state index is 14.2. The summed E-state index contributed by atoms with van der Waals surface area (Å²) in [5.41, 5.74) is -2.97. The van der Waals surface area contributed by atoms with Gasteiger partial charge in [-0.25, -0.2) is 35.0 Å². The van der Waals surface area contributed by atoms with Crippen LogP contribution in [0.2, 0.25) is 0 Å². The monoisotopic (exact) mass is 718 g/mol. The molecule has 54 heavy (non-hydrogen) atoms. The van der Waals surface area contributed by atoms with Crippen molar-refractivity contribution in [2.75, 3.05) is 0 Å². The van der Waals surface area contributed by atoms with Gasteiger partial charge in [0, 0.05) is 22.3 Å². The first-order valence-corrected chi connectivity index (χ1v) is 15.2. The van der Waals surface area contributed by atoms with Crippen molar-refractivity contribution >= 4 is 16.8 Å². The summed E-state index contributed by atoms with van der Waals surface area (Å²) >= 11 is 0. The molecule has 0 amide bonds. The third-order valence-corrected chi connectivity index (χ3v) is 8.88. The van der Waals surface area contributed by atoms with E-state index in [1.54, 1.807) is 6.07 Å². The van der Waals surface area contributed by atoms with E-state index in [2.05, 4.69) is 14.5 Å². The largest absolute Gasteiger partial charge is 0.417 e. The van der Waals surface area contributed by atoms with Crippen LogP contribution < -0.4 is 0 Å². The number of aromatic nitrogens is 2. The van der Waals surface area contributed by atoms with Crippen LogP contribution in [0.1, 0.15) is 39.2 Å². The molecule has 0 saturated heterocycles. The number of nitrogens with zero attached hydrogens (tertiary/aromatic N) is 8. The number of nitriles is 3. The highest BCUT2D eigenvalue weighted by molar-refractivity contribution is 6.07. The molecule has 8 nitrogen and oxygen atoms in total. The van der Waals surface area contributed by atoms with Crippen LogP contribution in [-0.2, 0) is 12.4 Å². The van der Waals surface area contributed by atoms with Crippen LogP contribution in [0.25, 0.3) is 70.4 Å². The summed E-state index contributed by atoms with van der Waals surface area (Å²) in [6.07, 6.45) is -9.67. The first-order valence-electron chi connectivity index (χ1n) is 15.2. The second-order valence-electron chi connectivity index (χ2n) is 11.7. The topological polar surface area (TPSA) is 110 Å². The van der Waals surface area contributed by atoms with Gasteiger partial charge in [-0.15, -0.1) is 0 Å². The van der Waals surface area contributed by atoms with Crippen LogP contribution in [-0.4, -0.2) is 9.97 Å². The molecule has 2 aliphatic carbocycles. The zero-order chi connectivity index (χ0) is 38.7. The Morgan fingerprint density at radius 2 is 0.981 bits per heavy atom. The summed E-state index contributed by atoms with van der Waals surface area (Å²) < 4.78 is 85.0. The van der Waals surface area contributed by atoms with Gasteiger partial charge in [-0.2, -0.15) is 31.6 Å². The van der Waals surface area contributed by atoms with Crippen molar-refractivity contribution in [1.82, 2.24) is 9.97 Å². The molecule has 254 valence electrons. The Morgan fingerprint density at radius 3 is 1.39 bits per heavy atom. The normalized spacial score (nSPS) is 14.1. The SMILES string of the molecule is [C-]#[N+]/C(C#N)=C1/c2cc(-c3ccc(C#N)cc3C(F)(F)F)ccc2-c2nc3c(nc21)-c1ccc(-c2ccc([N+]#[C-])cc2C(F)(F)F)cc1/C3=C(/C#N)[N+]#[C-]. The van der Waals surface area contributed by atoms with E-state index < -0.39 is 34.9 Å². The molecule has 0 fully saturated rings. The Bertz CT molecular complexity index is 2640. The molecule has 0 saturated carbocycles. The molecular formula is C40H12F6N8. The molecule has 5 aromatic rings. The lowest BCUT2D eigenvalue weighted by molar-refractivity contribution is -0.137. The van der Waals surface area contributed by atoms with Crippen LogP contribution in [0.15, 0.2) is 84.2 Å². The van der Waals surface area contributed by atoms with E-state index in [0.717, 1.165) is 24.3 Å². The summed E-state index contributed by atoms with van der Waals surface area (Å²) in [6, 6.07) is 19.8. The second-order valence-corrected chi connectivity index (χ2v) is 11.7. The highest BCUT2D eigenvalue weighted by Gasteiger charge is 2.39. The fourth-order valence-electron chi connectivity index (χ4n) is 6.61. The fraction of sp³-hybridized carbons (Fsp3) is 0.0500. The molecule has 0 aliphatic heterocycles. The van der Waals surface area contributed by atoms with Gasteiger partial charge in [0.05, 0.1) is 77.4 Å². The standard InChI is InChI=1S/C40H12F6N8/c1-50-22-7-11-24(30(15-22)40(44,45)46)21-6-10-26-28(14-21)34(32(18-49)52-3)38-36(26)54-37-33(31(17-48)51-2)27-13-20(5-9-25(27)35(37)53-38)23-8-4-19(16-47)12-29(23)39(41,42)43/h4-15H/b33-31-,34-32+. The Balaban J connectivity index is 1.47. The third-order valence-electron chi connectivity index (χ3n) is 8.88. The molecule has 2 aliphatic rings. The van der Waals surface area contributed by atoms with Gasteiger partial charge < -0.3 is 0 Å². The molecule has 1 heterocycles. The summed E-state index contributed by atoms with van der Waals surface area (Å²) in [7, 11) is 0. The molecule has 0 unspecified atom stereocenters. The van der Waals surface area contributed by atoms with E-state index in [0.29, 0.717) is 0 Å². The van der Waals surface area contributed by atoms with Crippen molar-refractivity contribution in [3.8, 4) is 63.0 Å². The van der Waals surface area contributed by atoms with Crippen molar-refractivity contribution in [2.24, 2.45) is 0 Å². The minimum Gasteiger partial charge on any atom is -0.245 e. The first-order chi connectivity index (χ1) is 25.8. The molecule has 0 radical (unpaired) electrons. The highest BCUT2D eigenvalue weighted by atomic mass is 19.4. The van der Waals surface area contributed by atoms with Crippen molar-refractivity contribution in [1.29, 1.82) is 15.8 Å². The van der Waals surface area contributed by atoms with Crippen LogP contribution >= 0.6 is 0 Å². The Kier molecular flexibility index (Phi) is 7.85. The average molecular weight is 719 g/mol. The number of halogens is 6. The molecule has 1 aromatic heterocycles. The Labute approximate surface area is 301 Å². The number of benzene rings is 4. The number of rotatable bonds is 2. The van der Waals surface area contributed by atoms with E-state index in [1.165, 1.54) is 48.5 Å². The van der Waals surface area contributed by atoms with Gasteiger partial charge in [0.25, 0.3) is 11.4 Å². The van der Waals surface area contributed by atoms with Crippen LogP contribution in [0.3, 0.4) is 0 Å². The van der Waals surface area contributed by atoms with Crippen LogP contribution in [0.5, 0.6) is 0 Å². The van der Waals surface area contributed by atoms with Gasteiger partial charge in [0.1, 0.15) is 0 Å². The molecule has 0 bridgehead atoms. The molecule has 7 rings (SSSR count). The molecule has 0 spiro atoms. The zero-order valence-corrected chi connectivity index (χ0v) is 26.8. The van der Waals surface area contributed by atoms with Crippen molar-refractivity contribution < 1.29 is 26.3 Å². The molecule has 4 aromatic carbocycles. The number of alkyl halides is 6. The van der Waals surface area contributed by atoms with Crippen molar-refractivity contribution in [3.05, 3.63) is 158 Å². The smallest absolute Gasteiger partial charge is 0.245 e. The Hall–Kier alpha value is -8.04. The summed E-state index contributed by atoms with van der Waals surface area (Å²) in [5, 5.41) is 29.2. The van der Waals surface area contributed by atoms with Crippen LogP contribution in [0, 0.1) is 53.7 Å². The summed E-state index contributed by atoms with van der Waals surface area (Å²) in [5.74, 6) is 0. The Morgan fingerprint density at radius 1 is 0.537 bits per heavy atom. The lowest BCUT2D eigenvalue weighted by Gasteiger charge is -2.15. The van der Waals surface area contributed by atoms with Crippen molar-refractivity contribution in [3.63, 3.8) is 0 Å². The molecular weight excluding hydrogens is 706 g/mol. The summed E-state index contributed by atoms with van der Waals surface area (Å²) in [6.45, 7) is 22.6. The number of hydrogen-bond acceptors (Lipinski definition) is 5. The highest BCUT2D eigenvalue weighted by Crippen LogP contribution is 2.52. The lowest BCUT2D eigenvalue weighted by atomic mass is 9.93. The zero-order valence-electron chi connectivity index (χ0n) is 26.8. The van der Waals surface area contributed by atoms with Gasteiger partial charge in [0.2, 0.25) is 0 Å². The van der Waals surface area contributed by atoms with Crippen LogP contribution in [0.4, 0.5) is 32.0 Å². The predicted molar refractivity (Wildman–Crippen MR) is 181 cm³/mol. The molecule has 0 N–H and O–H groups in total. The molecule has 14 heteroatoms. The first kappa shape index (κ1) is 34.4. The van der Waals surface area contributed by atoms with E-state index >= 15 is 0 Å². The van der Waals surface area contributed by atoms with Gasteiger partial charge in [0.15, 0.2) is 5.69 Å². The van der Waals surface area contributed by atoms with Gasteiger partial charge in [-0.1, -0.05) is 42.5 Å². The number of fused-ring (bicyclic) bond motifs is 6. The van der Waals surface area contributed by atoms with E-state index in [1.807, 2.05) is 12.1 Å². The minimum atomic E-state index is -4.84. The predicted octanol–water partition coefficient (Wildman–Crippen LogP) is 10.6. The van der Waals surface area contributed by atoms with Gasteiger partial charge in [-0.05, 0) is 63.7 Å².